The van der Waals surface area contributed by atoms with Crippen molar-refractivity contribution in [2.24, 2.45) is 0 Å². The summed E-state index contributed by atoms with van der Waals surface area (Å²) in [7, 11) is 0. The van der Waals surface area contributed by atoms with Crippen molar-refractivity contribution in [3.05, 3.63) is 23.7 Å². The van der Waals surface area contributed by atoms with Gasteiger partial charge >= 0.3 is 0 Å². The molecule has 1 rings (SSSR count). The van der Waals surface area contributed by atoms with E-state index >= 15 is 0 Å². The van der Waals surface area contributed by atoms with Gasteiger partial charge in [-0.1, -0.05) is 0 Å². The predicted molar refractivity (Wildman–Crippen MR) is 34.9 cm³/mol. The van der Waals surface area contributed by atoms with E-state index in [-0.39, 0.29) is 12.4 Å². The van der Waals surface area contributed by atoms with Gasteiger partial charge in [-0.25, -0.2) is 0 Å². The molecule has 58 valence electrons. The summed E-state index contributed by atoms with van der Waals surface area (Å²) in [5, 5.41) is 0. The van der Waals surface area contributed by atoms with Crippen molar-refractivity contribution in [2.75, 3.05) is 0 Å². The largest absolute Gasteiger partial charge is 0.463 e. The first-order valence-corrected chi connectivity index (χ1v) is 2.95. The Bertz CT molecular complexity index is 251. The summed E-state index contributed by atoms with van der Waals surface area (Å²) in [6.45, 7) is 0.398. The van der Waals surface area contributed by atoms with E-state index in [1.54, 1.807) is 6.07 Å². The molecule has 0 bridgehead atoms. The van der Waals surface area contributed by atoms with Crippen LogP contribution < -0.4 is 0 Å². The SMILES string of the molecule is O=COCc1ccoc1C=O. The summed E-state index contributed by atoms with van der Waals surface area (Å²) >= 11 is 0. The van der Waals surface area contributed by atoms with Crippen LogP contribution in [0.25, 0.3) is 0 Å². The van der Waals surface area contributed by atoms with Gasteiger partial charge in [-0.15, -0.1) is 0 Å². The van der Waals surface area contributed by atoms with E-state index in [9.17, 15) is 9.59 Å². The number of hydrogen-bond acceptors (Lipinski definition) is 4. The van der Waals surface area contributed by atoms with Crippen molar-refractivity contribution in [3.8, 4) is 0 Å². The highest BCUT2D eigenvalue weighted by Gasteiger charge is 2.03. The molecule has 0 aliphatic rings. The zero-order chi connectivity index (χ0) is 8.10. The molecular formula is C7H6O4. The maximum absolute atomic E-state index is 10.2. The first-order chi connectivity index (χ1) is 5.38. The third-order valence-corrected chi connectivity index (χ3v) is 1.19. The molecule has 0 atom stereocenters. The van der Waals surface area contributed by atoms with Crippen LogP contribution in [0.5, 0.6) is 0 Å². The predicted octanol–water partition coefficient (Wildman–Crippen LogP) is 0.765. The Hall–Kier alpha value is -1.58. The van der Waals surface area contributed by atoms with E-state index in [1.807, 2.05) is 0 Å². The number of rotatable bonds is 4. The van der Waals surface area contributed by atoms with Crippen LogP contribution in [0.3, 0.4) is 0 Å². The van der Waals surface area contributed by atoms with Crippen LogP contribution in [0.2, 0.25) is 0 Å². The Morgan fingerprint density at radius 3 is 3.00 bits per heavy atom. The van der Waals surface area contributed by atoms with Gasteiger partial charge in [0, 0.05) is 5.56 Å². The third-order valence-electron chi connectivity index (χ3n) is 1.19. The summed E-state index contributed by atoms with van der Waals surface area (Å²) in [4.78, 5) is 20.0. The Kier molecular flexibility index (Phi) is 2.43. The van der Waals surface area contributed by atoms with Crippen LogP contribution in [0.4, 0.5) is 0 Å². The molecule has 0 radical (unpaired) electrons. The Balaban J connectivity index is 2.67. The van der Waals surface area contributed by atoms with Gasteiger partial charge in [0.1, 0.15) is 6.61 Å². The van der Waals surface area contributed by atoms with Crippen molar-refractivity contribution in [1.29, 1.82) is 0 Å². The lowest BCUT2D eigenvalue weighted by Crippen LogP contribution is -1.91. The lowest BCUT2D eigenvalue weighted by atomic mass is 10.3. The molecule has 0 aromatic carbocycles. The number of furan rings is 1. The lowest BCUT2D eigenvalue weighted by molar-refractivity contribution is -0.129. The topological polar surface area (TPSA) is 56.5 Å². The number of carbonyl (C=O) groups excluding carboxylic acids is 2. The fourth-order valence-electron chi connectivity index (χ4n) is 0.694. The van der Waals surface area contributed by atoms with E-state index in [0.717, 1.165) is 0 Å². The standard InChI is InChI=1S/C7H6O4/c8-3-7-6(1-2-11-7)4-10-5-9/h1-3,5H,4H2. The normalized spacial score (nSPS) is 9.09. The Morgan fingerprint density at radius 1 is 1.55 bits per heavy atom. The monoisotopic (exact) mass is 154 g/mol. The van der Waals surface area contributed by atoms with Crippen LogP contribution in [-0.2, 0) is 16.1 Å². The molecule has 0 N–H and O–H groups in total. The lowest BCUT2D eigenvalue weighted by Gasteiger charge is -1.93. The van der Waals surface area contributed by atoms with E-state index in [0.29, 0.717) is 18.3 Å². The quantitative estimate of drug-likeness (QED) is 0.601. The summed E-state index contributed by atoms with van der Waals surface area (Å²) in [5.74, 6) is 0.201. The fourth-order valence-corrected chi connectivity index (χ4v) is 0.694. The molecule has 0 unspecified atom stereocenters. The molecule has 0 fully saturated rings. The van der Waals surface area contributed by atoms with Crippen LogP contribution >= 0.6 is 0 Å². The van der Waals surface area contributed by atoms with Gasteiger partial charge in [-0.2, -0.15) is 0 Å². The molecule has 1 heterocycles. The molecule has 0 amide bonds. The molecule has 4 nitrogen and oxygen atoms in total. The highest BCUT2D eigenvalue weighted by Crippen LogP contribution is 2.08. The summed E-state index contributed by atoms with van der Waals surface area (Å²) in [6, 6.07) is 1.58. The Morgan fingerprint density at radius 2 is 2.36 bits per heavy atom. The van der Waals surface area contributed by atoms with Crippen molar-refractivity contribution in [1.82, 2.24) is 0 Å². The summed E-state index contributed by atoms with van der Waals surface area (Å²) < 4.78 is 9.17. The molecule has 0 aliphatic heterocycles. The maximum atomic E-state index is 10.2. The first kappa shape index (κ1) is 7.53. The average molecular weight is 154 g/mol. The van der Waals surface area contributed by atoms with Gasteiger partial charge in [-0.05, 0) is 6.07 Å². The van der Waals surface area contributed by atoms with Crippen molar-refractivity contribution >= 4 is 12.8 Å². The van der Waals surface area contributed by atoms with Crippen LogP contribution in [0.15, 0.2) is 16.7 Å². The van der Waals surface area contributed by atoms with E-state index in [1.165, 1.54) is 6.26 Å². The number of aldehydes is 1. The van der Waals surface area contributed by atoms with Gasteiger partial charge in [0.15, 0.2) is 12.0 Å². The second-order valence-electron chi connectivity index (χ2n) is 1.84. The molecule has 4 heteroatoms. The fraction of sp³-hybridized carbons (Fsp3) is 0.143. The van der Waals surface area contributed by atoms with E-state index in [4.69, 9.17) is 4.42 Å². The van der Waals surface area contributed by atoms with Gasteiger partial charge in [0.2, 0.25) is 0 Å². The smallest absolute Gasteiger partial charge is 0.293 e. The van der Waals surface area contributed by atoms with Crippen molar-refractivity contribution in [2.45, 2.75) is 6.61 Å². The minimum absolute atomic E-state index is 0.0775. The number of ether oxygens (including phenoxy) is 1. The number of carbonyl (C=O) groups is 2. The highest BCUT2D eigenvalue weighted by atomic mass is 16.5. The van der Waals surface area contributed by atoms with Gasteiger partial charge in [-0.3, -0.25) is 9.59 Å². The van der Waals surface area contributed by atoms with Crippen LogP contribution in [0, 0.1) is 0 Å². The number of hydrogen-bond donors (Lipinski definition) is 0. The second kappa shape index (κ2) is 3.55. The Labute approximate surface area is 62.8 Å². The van der Waals surface area contributed by atoms with Crippen LogP contribution in [0.1, 0.15) is 16.1 Å². The van der Waals surface area contributed by atoms with Crippen LogP contribution in [-0.4, -0.2) is 12.8 Å². The van der Waals surface area contributed by atoms with Crippen molar-refractivity contribution in [3.63, 3.8) is 0 Å². The zero-order valence-electron chi connectivity index (χ0n) is 5.65. The van der Waals surface area contributed by atoms with E-state index < -0.39 is 0 Å². The minimum Gasteiger partial charge on any atom is -0.463 e. The molecule has 0 saturated heterocycles. The summed E-state index contributed by atoms with van der Waals surface area (Å²) in [5.41, 5.74) is 0.576. The zero-order valence-corrected chi connectivity index (χ0v) is 5.65. The van der Waals surface area contributed by atoms with Crippen molar-refractivity contribution < 1.29 is 18.7 Å². The van der Waals surface area contributed by atoms with Gasteiger partial charge in [0.25, 0.3) is 6.47 Å². The molecule has 0 spiro atoms. The minimum atomic E-state index is 0.0775. The molecule has 1 aromatic heterocycles. The average Bonchev–Trinajstić information content (AvgIpc) is 2.47. The van der Waals surface area contributed by atoms with E-state index in [2.05, 4.69) is 4.74 Å². The van der Waals surface area contributed by atoms with Gasteiger partial charge in [0.05, 0.1) is 6.26 Å². The molecule has 11 heavy (non-hydrogen) atoms. The molecular weight excluding hydrogens is 148 g/mol. The maximum Gasteiger partial charge on any atom is 0.293 e. The summed E-state index contributed by atoms with van der Waals surface area (Å²) in [6.07, 6.45) is 1.94. The first-order valence-electron chi connectivity index (χ1n) is 2.95. The molecule has 0 saturated carbocycles. The van der Waals surface area contributed by atoms with Gasteiger partial charge < -0.3 is 9.15 Å². The molecule has 1 aromatic rings. The highest BCUT2D eigenvalue weighted by molar-refractivity contribution is 5.72. The third kappa shape index (κ3) is 1.67. The molecule has 0 aliphatic carbocycles. The second-order valence-corrected chi connectivity index (χ2v) is 1.84.